The number of ether oxygens (including phenoxy) is 13. The molecule has 4 amide bonds. The van der Waals surface area contributed by atoms with Crippen LogP contribution in [-0.2, 0) is 80.8 Å². The maximum Gasteiger partial charge on any atom is 0.313 e. The Morgan fingerprint density at radius 1 is 0.350 bits per heavy atom. The van der Waals surface area contributed by atoms with Crippen LogP contribution < -0.4 is 26.0 Å². The third kappa shape index (κ3) is 38.1. The fourth-order valence-corrected chi connectivity index (χ4v) is 6.45. The molecule has 0 unspecified atom stereocenters. The van der Waals surface area contributed by atoms with Crippen LogP contribution in [0.15, 0.2) is 0 Å². The highest BCUT2D eigenvalue weighted by Gasteiger charge is 2.34. The highest BCUT2D eigenvalue weighted by molar-refractivity contribution is 5.80. The molecule has 80 heavy (non-hydrogen) atoms. The van der Waals surface area contributed by atoms with Crippen LogP contribution in [0.1, 0.15) is 51.4 Å². The smallest absolute Gasteiger partial charge is 0.313 e. The molecular weight excluding hydrogens is 1080 g/mol. The zero-order valence-electron chi connectivity index (χ0n) is 45.2. The number of terminal acetylenes is 3. The molecule has 0 bridgehead atoms. The van der Waals surface area contributed by atoms with E-state index in [1.807, 2.05) is 0 Å². The Bertz CT molecular complexity index is 1870. The summed E-state index contributed by atoms with van der Waals surface area (Å²) in [5.74, 6) is -9.07. The normalized spacial score (nSPS) is 11.1. The minimum absolute atomic E-state index is 0.000282. The molecule has 452 valence electrons. The minimum Gasteiger partial charge on any atom is -0.420 e. The van der Waals surface area contributed by atoms with Crippen LogP contribution in [0.4, 0.5) is 22.0 Å². The number of carbonyl (C=O) groups excluding carboxylic acids is 5. The van der Waals surface area contributed by atoms with E-state index in [4.69, 9.17) is 76.1 Å². The lowest BCUT2D eigenvalue weighted by molar-refractivity contribution is -0.136. The van der Waals surface area contributed by atoms with Gasteiger partial charge in [0.25, 0.3) is 0 Å². The summed E-state index contributed by atoms with van der Waals surface area (Å²) in [6, 6.07) is 0. The van der Waals surface area contributed by atoms with Gasteiger partial charge in [0.15, 0.2) is 0 Å². The molecule has 1 rings (SSSR count). The summed E-state index contributed by atoms with van der Waals surface area (Å²) < 4.78 is 136. The van der Waals surface area contributed by atoms with E-state index >= 15 is 0 Å². The van der Waals surface area contributed by atoms with Crippen LogP contribution in [0, 0.1) is 66.1 Å². The second-order valence-electron chi connectivity index (χ2n) is 16.5. The molecule has 0 radical (unpaired) electrons. The molecule has 0 spiro atoms. The Balaban J connectivity index is 2.85. The zero-order chi connectivity index (χ0) is 58.7. The van der Waals surface area contributed by atoms with Crippen LogP contribution >= 0.6 is 0 Å². The summed E-state index contributed by atoms with van der Waals surface area (Å²) >= 11 is 0. The average Bonchev–Trinajstić information content (AvgIpc) is 3.44. The van der Waals surface area contributed by atoms with Gasteiger partial charge in [0.1, 0.15) is 19.8 Å². The molecular formula is C53H77F5N4O18. The van der Waals surface area contributed by atoms with Crippen molar-refractivity contribution in [1.29, 1.82) is 0 Å². The molecule has 0 saturated heterocycles. The maximum atomic E-state index is 13.8. The molecule has 0 fully saturated rings. The first-order valence-corrected chi connectivity index (χ1v) is 25.9. The highest BCUT2D eigenvalue weighted by Crippen LogP contribution is 2.30. The first-order valence-electron chi connectivity index (χ1n) is 25.9. The van der Waals surface area contributed by atoms with E-state index < -0.39 is 58.7 Å². The number of hydrogen-bond donors (Lipinski definition) is 4. The quantitative estimate of drug-likeness (QED) is 0.0138. The molecule has 0 saturated carbocycles. The van der Waals surface area contributed by atoms with Gasteiger partial charge in [0, 0.05) is 50.9 Å². The number of hydrogen-bond acceptors (Lipinski definition) is 18. The molecule has 22 nitrogen and oxygen atoms in total. The summed E-state index contributed by atoms with van der Waals surface area (Å²) in [5.41, 5.74) is -1.24. The van der Waals surface area contributed by atoms with Gasteiger partial charge in [0.2, 0.25) is 58.5 Å². The van der Waals surface area contributed by atoms with E-state index in [0.717, 1.165) is 0 Å². The van der Waals surface area contributed by atoms with Gasteiger partial charge in [-0.3, -0.25) is 24.0 Å². The van der Waals surface area contributed by atoms with Gasteiger partial charge in [-0.15, -0.1) is 19.3 Å². The molecule has 0 aliphatic carbocycles. The molecule has 4 N–H and O–H groups in total. The fourth-order valence-electron chi connectivity index (χ4n) is 6.45. The predicted molar refractivity (Wildman–Crippen MR) is 275 cm³/mol. The van der Waals surface area contributed by atoms with Crippen LogP contribution in [0.3, 0.4) is 0 Å². The standard InChI is InChI=1S/C53H77F5N4O18/c1-4-18-68-26-34-76-39-31-73-23-15-59-42(63)7-12-53(13-8-43(64)60-16-24-74-32-40-77-35-27-69-19-5-2,14-9-44(65)61-17-25-75-33-41-78-36-28-70-20-6-3)62-45(66)10-21-71-29-37-79-38-30-72-22-11-46(67)80-52-50(57)48(55)47(54)49(56)51(52)58/h1-3H,7-41H2,(H,59,63)(H,60,64)(H,61,65)(H,62,66). The SMILES string of the molecule is C#CCOCCOCCOCCNC(=O)CCC(CCC(=O)NCCOCCOCCOCC#C)(CCC(=O)NCCOCCOCCOCC#C)NC(=O)CCOCCOCCOCCC(=O)Oc1c(F)c(F)c(F)c(F)c1F. The van der Waals surface area contributed by atoms with E-state index in [1.54, 1.807) is 0 Å². The molecule has 27 heteroatoms. The van der Waals surface area contributed by atoms with Crippen molar-refractivity contribution in [3.05, 3.63) is 29.1 Å². The Morgan fingerprint density at radius 3 is 0.950 bits per heavy atom. The Hall–Kier alpha value is -5.58. The largest absolute Gasteiger partial charge is 0.420 e. The minimum atomic E-state index is -2.40. The van der Waals surface area contributed by atoms with E-state index in [2.05, 4.69) is 43.8 Å². The number of amides is 4. The van der Waals surface area contributed by atoms with Gasteiger partial charge >= 0.3 is 5.97 Å². The Morgan fingerprint density at radius 2 is 0.625 bits per heavy atom. The van der Waals surface area contributed by atoms with E-state index in [-0.39, 0.29) is 181 Å². The van der Waals surface area contributed by atoms with Crippen LogP contribution in [0.2, 0.25) is 0 Å². The van der Waals surface area contributed by atoms with Crippen molar-refractivity contribution >= 4 is 29.6 Å². The van der Waals surface area contributed by atoms with Gasteiger partial charge in [-0.05, 0) is 19.3 Å². The summed E-state index contributed by atoms with van der Waals surface area (Å²) in [5, 5.41) is 11.4. The molecule has 0 aromatic heterocycles. The fraction of sp³-hybridized carbons (Fsp3) is 0.679. The van der Waals surface area contributed by atoms with Gasteiger partial charge in [-0.2, -0.15) is 8.78 Å². The number of nitrogens with one attached hydrogen (secondary N) is 4. The van der Waals surface area contributed by atoms with Gasteiger partial charge in [-0.1, -0.05) is 17.8 Å². The summed E-state index contributed by atoms with van der Waals surface area (Å²) in [4.78, 5) is 65.2. The monoisotopic (exact) mass is 1150 g/mol. The van der Waals surface area contributed by atoms with Gasteiger partial charge < -0.3 is 82.8 Å². The van der Waals surface area contributed by atoms with Crippen LogP contribution in [0.5, 0.6) is 5.75 Å². The second kappa shape index (κ2) is 49.3. The lowest BCUT2D eigenvalue weighted by atomic mass is 9.83. The first-order chi connectivity index (χ1) is 38.8. The summed E-state index contributed by atoms with van der Waals surface area (Å²) in [7, 11) is 0. The van der Waals surface area contributed by atoms with E-state index in [9.17, 15) is 45.9 Å². The number of benzene rings is 1. The van der Waals surface area contributed by atoms with Crippen molar-refractivity contribution in [2.75, 3.05) is 178 Å². The van der Waals surface area contributed by atoms with Crippen LogP contribution in [-0.4, -0.2) is 213 Å². The van der Waals surface area contributed by atoms with Crippen molar-refractivity contribution in [3.63, 3.8) is 0 Å². The number of rotatable bonds is 53. The van der Waals surface area contributed by atoms with Crippen molar-refractivity contribution in [2.24, 2.45) is 0 Å². The van der Waals surface area contributed by atoms with Crippen molar-refractivity contribution < 1.29 is 108 Å². The lowest BCUT2D eigenvalue weighted by Crippen LogP contribution is -2.51. The predicted octanol–water partition coefficient (Wildman–Crippen LogP) is 1.71. The number of carbonyl (C=O) groups is 5. The Labute approximate surface area is 464 Å². The van der Waals surface area contributed by atoms with Crippen molar-refractivity contribution in [2.45, 2.75) is 56.9 Å². The van der Waals surface area contributed by atoms with Crippen LogP contribution in [0.25, 0.3) is 0 Å². The molecule has 0 aliphatic rings. The molecule has 1 aromatic rings. The van der Waals surface area contributed by atoms with E-state index in [0.29, 0.717) is 59.5 Å². The summed E-state index contributed by atoms with van der Waals surface area (Å²) in [6.07, 6.45) is 14.5. The topological polar surface area (TPSA) is 253 Å². The highest BCUT2D eigenvalue weighted by atomic mass is 19.2. The third-order valence-corrected chi connectivity index (χ3v) is 10.4. The molecule has 1 aromatic carbocycles. The second-order valence-corrected chi connectivity index (χ2v) is 16.5. The van der Waals surface area contributed by atoms with E-state index in [1.165, 1.54) is 0 Å². The Kier molecular flexibility index (Phi) is 44.6. The molecule has 0 aliphatic heterocycles. The van der Waals surface area contributed by atoms with Crippen molar-refractivity contribution in [1.82, 2.24) is 21.3 Å². The number of esters is 1. The number of halogens is 5. The van der Waals surface area contributed by atoms with Gasteiger partial charge in [-0.25, -0.2) is 13.2 Å². The molecule has 0 heterocycles. The first kappa shape index (κ1) is 72.4. The summed E-state index contributed by atoms with van der Waals surface area (Å²) in [6.45, 7) is 4.95. The van der Waals surface area contributed by atoms with Crippen molar-refractivity contribution in [3.8, 4) is 42.8 Å². The molecule has 0 atom stereocenters. The van der Waals surface area contributed by atoms with Gasteiger partial charge in [0.05, 0.1) is 145 Å². The maximum absolute atomic E-state index is 13.8. The zero-order valence-corrected chi connectivity index (χ0v) is 45.2. The third-order valence-electron chi connectivity index (χ3n) is 10.4. The lowest BCUT2D eigenvalue weighted by Gasteiger charge is -2.35. The average molecular weight is 1150 g/mol.